The molecule has 9 heteroatoms. The highest BCUT2D eigenvalue weighted by Gasteiger charge is 2.25. The fourth-order valence-corrected chi connectivity index (χ4v) is 3.70. The largest absolute Gasteiger partial charge is 0.453 e. The molecule has 34 heavy (non-hydrogen) atoms. The lowest BCUT2D eigenvalue weighted by molar-refractivity contribution is -0.127. The second kappa shape index (κ2) is 16.5. The molecule has 0 radical (unpaired) electrons. The molecule has 1 atom stereocenters. The first-order chi connectivity index (χ1) is 16.1. The molecular weight excluding hydrogens is 456 g/mol. The predicted octanol–water partition coefficient (Wildman–Crippen LogP) is 3.78. The van der Waals surface area contributed by atoms with E-state index in [0.29, 0.717) is 32.2 Å². The van der Waals surface area contributed by atoms with E-state index in [9.17, 15) is 14.4 Å². The van der Waals surface area contributed by atoms with E-state index in [-0.39, 0.29) is 42.9 Å². The Bertz CT molecular complexity index is 742. The van der Waals surface area contributed by atoms with Crippen LogP contribution in [0.5, 0.6) is 0 Å². The smallest absolute Gasteiger partial charge is 0.368 e. The Hall–Kier alpha value is -2.10. The van der Waals surface area contributed by atoms with Crippen molar-refractivity contribution in [2.75, 3.05) is 39.5 Å². The minimum atomic E-state index is -0.524. The van der Waals surface area contributed by atoms with Crippen molar-refractivity contribution < 1.29 is 28.6 Å². The number of hydrogen-bond acceptors (Lipinski definition) is 7. The Morgan fingerprint density at radius 3 is 2.32 bits per heavy atom. The Morgan fingerprint density at radius 2 is 1.65 bits per heavy atom. The molecule has 0 aromatic heterocycles. The van der Waals surface area contributed by atoms with Gasteiger partial charge in [0.1, 0.15) is 13.2 Å². The summed E-state index contributed by atoms with van der Waals surface area (Å²) in [6.07, 6.45) is 0.858. The predicted molar refractivity (Wildman–Crippen MR) is 135 cm³/mol. The van der Waals surface area contributed by atoms with E-state index >= 15 is 0 Å². The summed E-state index contributed by atoms with van der Waals surface area (Å²) in [5.74, 6) is 0.247. The third-order valence-electron chi connectivity index (χ3n) is 4.69. The van der Waals surface area contributed by atoms with Crippen molar-refractivity contribution in [3.63, 3.8) is 0 Å². The van der Waals surface area contributed by atoms with E-state index in [0.717, 1.165) is 23.7 Å². The van der Waals surface area contributed by atoms with E-state index in [4.69, 9.17) is 14.2 Å². The molecule has 0 heterocycles. The summed E-state index contributed by atoms with van der Waals surface area (Å²) in [5, 5.41) is 5.24. The van der Waals surface area contributed by atoms with Crippen LogP contribution >= 0.6 is 11.8 Å². The van der Waals surface area contributed by atoms with Crippen molar-refractivity contribution in [3.05, 3.63) is 35.9 Å². The van der Waals surface area contributed by atoms with E-state index in [1.807, 2.05) is 51.1 Å². The zero-order chi connectivity index (χ0) is 25.4. The second-order valence-electron chi connectivity index (χ2n) is 9.15. The number of hydrogen-bond donors (Lipinski definition) is 2. The van der Waals surface area contributed by atoms with Crippen LogP contribution in [0.3, 0.4) is 0 Å². The second-order valence-corrected chi connectivity index (χ2v) is 10.8. The number of amides is 2. The summed E-state index contributed by atoms with van der Waals surface area (Å²) in [6.45, 7) is 11.7. The molecule has 0 aliphatic rings. The number of carbonyl (C=O) groups excluding carboxylic acids is 3. The fourth-order valence-electron chi connectivity index (χ4n) is 2.99. The van der Waals surface area contributed by atoms with Crippen LogP contribution in [0.25, 0.3) is 0 Å². The molecule has 1 rings (SSSR count). The number of thioether (sulfide) groups is 1. The van der Waals surface area contributed by atoms with Gasteiger partial charge >= 0.3 is 5.30 Å². The van der Waals surface area contributed by atoms with Crippen LogP contribution in [0.15, 0.2) is 30.3 Å². The lowest BCUT2D eigenvalue weighted by Crippen LogP contribution is -2.39. The monoisotopic (exact) mass is 496 g/mol. The van der Waals surface area contributed by atoms with Crippen molar-refractivity contribution in [3.8, 4) is 0 Å². The third-order valence-corrected chi connectivity index (χ3v) is 5.68. The number of ether oxygens (including phenoxy) is 3. The molecule has 0 aliphatic carbocycles. The van der Waals surface area contributed by atoms with Crippen molar-refractivity contribution in [2.45, 2.75) is 52.4 Å². The molecule has 2 N–H and O–H groups in total. The number of carbonyl (C=O) groups is 3. The van der Waals surface area contributed by atoms with Crippen molar-refractivity contribution in [1.82, 2.24) is 10.6 Å². The lowest BCUT2D eigenvalue weighted by atomic mass is 9.98. The molecule has 1 aromatic carbocycles. The van der Waals surface area contributed by atoms with Crippen molar-refractivity contribution in [2.24, 2.45) is 11.8 Å². The van der Waals surface area contributed by atoms with Crippen LogP contribution in [0.1, 0.15) is 46.6 Å². The van der Waals surface area contributed by atoms with Gasteiger partial charge in [-0.25, -0.2) is 4.79 Å². The van der Waals surface area contributed by atoms with Crippen molar-refractivity contribution in [1.29, 1.82) is 0 Å². The van der Waals surface area contributed by atoms with Crippen LogP contribution in [-0.4, -0.2) is 61.4 Å². The Kier molecular flexibility index (Phi) is 14.5. The molecule has 0 saturated heterocycles. The zero-order valence-electron chi connectivity index (χ0n) is 21.1. The maximum atomic E-state index is 12.1. The normalized spacial score (nSPS) is 12.3. The Balaban J connectivity index is 2.06. The van der Waals surface area contributed by atoms with Crippen LogP contribution in [0.2, 0.25) is 0 Å². The van der Waals surface area contributed by atoms with Gasteiger partial charge in [0, 0.05) is 23.8 Å². The maximum Gasteiger partial charge on any atom is 0.368 e. The van der Waals surface area contributed by atoms with Gasteiger partial charge < -0.3 is 24.8 Å². The van der Waals surface area contributed by atoms with Crippen LogP contribution in [0.4, 0.5) is 4.79 Å². The molecule has 8 nitrogen and oxygen atoms in total. The first kappa shape index (κ1) is 29.9. The Morgan fingerprint density at radius 1 is 0.971 bits per heavy atom. The summed E-state index contributed by atoms with van der Waals surface area (Å²) in [4.78, 5) is 36.0. The zero-order valence-corrected chi connectivity index (χ0v) is 21.9. The molecule has 0 saturated carbocycles. The van der Waals surface area contributed by atoms with Gasteiger partial charge in [-0.15, -0.1) is 0 Å². The van der Waals surface area contributed by atoms with Gasteiger partial charge in [-0.1, -0.05) is 51.1 Å². The van der Waals surface area contributed by atoms with Crippen LogP contribution in [-0.2, 0) is 30.4 Å². The highest BCUT2D eigenvalue weighted by Crippen LogP contribution is 2.26. The number of nitrogens with one attached hydrogen (secondary N) is 2. The first-order valence-electron chi connectivity index (χ1n) is 11.7. The summed E-state index contributed by atoms with van der Waals surface area (Å²) in [6, 6.07) is 9.46. The number of rotatable bonds is 16. The highest BCUT2D eigenvalue weighted by atomic mass is 32.2. The first-order valence-corrected chi connectivity index (χ1v) is 12.5. The van der Waals surface area contributed by atoms with Gasteiger partial charge in [0.2, 0.25) is 11.8 Å². The van der Waals surface area contributed by atoms with Gasteiger partial charge in [0.15, 0.2) is 0 Å². The van der Waals surface area contributed by atoms with E-state index in [1.165, 1.54) is 0 Å². The SMILES string of the molecule is CC(C)CC(C)C(=O)NCCOCCOCC(=O)NCC(C)(C)SC(=O)OCc1ccccc1. The minimum Gasteiger partial charge on any atom is -0.453 e. The minimum absolute atomic E-state index is 0.00911. The summed E-state index contributed by atoms with van der Waals surface area (Å²) in [7, 11) is 0. The summed E-state index contributed by atoms with van der Waals surface area (Å²) in [5.41, 5.74) is 0.921. The van der Waals surface area contributed by atoms with E-state index < -0.39 is 4.75 Å². The van der Waals surface area contributed by atoms with Crippen LogP contribution < -0.4 is 10.6 Å². The molecule has 0 fully saturated rings. The fraction of sp³-hybridized carbons (Fsp3) is 0.640. The molecule has 0 aliphatic heterocycles. The maximum absolute atomic E-state index is 12.1. The van der Waals surface area contributed by atoms with Gasteiger partial charge in [0.25, 0.3) is 0 Å². The standard InChI is InChI=1S/C25H40N2O6S/c1-19(2)15-20(3)23(29)26-11-12-31-13-14-32-17-22(28)27-18-25(4,5)34-24(30)33-16-21-9-7-6-8-10-21/h6-10,19-20H,11-18H2,1-5H3,(H,26,29)(H,27,28). The summed E-state index contributed by atoms with van der Waals surface area (Å²) < 4.78 is 15.5. The third kappa shape index (κ3) is 14.9. The van der Waals surface area contributed by atoms with Crippen LogP contribution in [0, 0.1) is 11.8 Å². The molecule has 1 aromatic rings. The summed E-state index contributed by atoms with van der Waals surface area (Å²) >= 11 is 1.04. The lowest BCUT2D eigenvalue weighted by Gasteiger charge is -2.23. The topological polar surface area (TPSA) is 103 Å². The molecule has 2 amide bonds. The molecule has 0 spiro atoms. The van der Waals surface area contributed by atoms with E-state index in [1.54, 1.807) is 0 Å². The van der Waals surface area contributed by atoms with Gasteiger partial charge in [-0.2, -0.15) is 0 Å². The molecule has 0 bridgehead atoms. The average Bonchev–Trinajstić information content (AvgIpc) is 2.78. The van der Waals surface area contributed by atoms with Crippen molar-refractivity contribution >= 4 is 28.9 Å². The molecular formula is C25H40N2O6S. The van der Waals surface area contributed by atoms with Gasteiger partial charge in [-0.05, 0) is 43.5 Å². The average molecular weight is 497 g/mol. The Labute approximate surface area is 207 Å². The van der Waals surface area contributed by atoms with E-state index in [2.05, 4.69) is 24.5 Å². The van der Waals surface area contributed by atoms with Gasteiger partial charge in [0.05, 0.1) is 19.8 Å². The molecule has 192 valence electrons. The number of benzene rings is 1. The highest BCUT2D eigenvalue weighted by molar-refractivity contribution is 8.14. The van der Waals surface area contributed by atoms with Gasteiger partial charge in [-0.3, -0.25) is 9.59 Å². The quantitative estimate of drug-likeness (QED) is 0.265. The molecule has 1 unspecified atom stereocenters.